The van der Waals surface area contributed by atoms with Crippen LogP contribution < -0.4 is 5.32 Å². The van der Waals surface area contributed by atoms with Gasteiger partial charge in [-0.2, -0.15) is 5.10 Å². The van der Waals surface area contributed by atoms with Crippen molar-refractivity contribution in [3.05, 3.63) is 17.0 Å². The Balaban J connectivity index is 1.83. The third-order valence-electron chi connectivity index (χ3n) is 4.06. The van der Waals surface area contributed by atoms with Crippen LogP contribution in [-0.2, 0) is 18.3 Å². The van der Waals surface area contributed by atoms with E-state index in [4.69, 9.17) is 0 Å². The number of nitrogens with zero attached hydrogens (tertiary/aromatic N) is 2. The standard InChI is InChI=1S/C14H23N3O/c1-10-13(11(2)17(3)16-10)8-9-15-14(18)12-6-4-5-7-12/h12H,4-9H2,1-3H3,(H,15,18). The molecule has 2 rings (SSSR count). The zero-order chi connectivity index (χ0) is 13.1. The molecular weight excluding hydrogens is 226 g/mol. The summed E-state index contributed by atoms with van der Waals surface area (Å²) in [6.07, 6.45) is 5.43. The van der Waals surface area contributed by atoms with Crippen molar-refractivity contribution in [2.45, 2.75) is 46.0 Å². The molecule has 18 heavy (non-hydrogen) atoms. The first-order valence-corrected chi connectivity index (χ1v) is 6.86. The first-order valence-electron chi connectivity index (χ1n) is 6.86. The molecule has 1 N–H and O–H groups in total. The zero-order valence-electron chi connectivity index (χ0n) is 11.6. The van der Waals surface area contributed by atoms with Gasteiger partial charge >= 0.3 is 0 Å². The number of carbonyl (C=O) groups excluding carboxylic acids is 1. The summed E-state index contributed by atoms with van der Waals surface area (Å²) in [5.74, 6) is 0.507. The van der Waals surface area contributed by atoms with E-state index in [-0.39, 0.29) is 11.8 Å². The molecule has 1 fully saturated rings. The van der Waals surface area contributed by atoms with Crippen molar-refractivity contribution >= 4 is 5.91 Å². The highest BCUT2D eigenvalue weighted by Crippen LogP contribution is 2.24. The molecule has 1 heterocycles. The molecule has 0 spiro atoms. The zero-order valence-corrected chi connectivity index (χ0v) is 11.6. The highest BCUT2D eigenvalue weighted by atomic mass is 16.1. The Morgan fingerprint density at radius 2 is 2.06 bits per heavy atom. The number of carbonyl (C=O) groups is 1. The fourth-order valence-electron chi connectivity index (χ4n) is 2.82. The highest BCUT2D eigenvalue weighted by molar-refractivity contribution is 5.78. The fourth-order valence-corrected chi connectivity index (χ4v) is 2.82. The average molecular weight is 249 g/mol. The number of hydrogen-bond acceptors (Lipinski definition) is 2. The molecule has 1 saturated carbocycles. The van der Waals surface area contributed by atoms with Gasteiger partial charge in [-0.3, -0.25) is 9.48 Å². The fraction of sp³-hybridized carbons (Fsp3) is 0.714. The van der Waals surface area contributed by atoms with Gasteiger partial charge in [-0.25, -0.2) is 0 Å². The number of aryl methyl sites for hydroxylation is 2. The monoisotopic (exact) mass is 249 g/mol. The minimum atomic E-state index is 0.242. The predicted octanol–water partition coefficient (Wildman–Crippen LogP) is 1.89. The third kappa shape index (κ3) is 2.74. The quantitative estimate of drug-likeness (QED) is 0.885. The molecule has 1 aromatic heterocycles. The lowest BCUT2D eigenvalue weighted by Gasteiger charge is -2.10. The maximum Gasteiger partial charge on any atom is 0.223 e. The molecule has 1 aliphatic rings. The van der Waals surface area contributed by atoms with Crippen LogP contribution in [0.2, 0.25) is 0 Å². The van der Waals surface area contributed by atoms with E-state index in [9.17, 15) is 4.79 Å². The van der Waals surface area contributed by atoms with E-state index in [0.29, 0.717) is 0 Å². The highest BCUT2D eigenvalue weighted by Gasteiger charge is 2.22. The molecule has 4 heteroatoms. The molecular formula is C14H23N3O. The predicted molar refractivity (Wildman–Crippen MR) is 71.4 cm³/mol. The smallest absolute Gasteiger partial charge is 0.223 e. The van der Waals surface area contributed by atoms with Crippen molar-refractivity contribution in [3.63, 3.8) is 0 Å². The minimum Gasteiger partial charge on any atom is -0.356 e. The van der Waals surface area contributed by atoms with Gasteiger partial charge in [0.15, 0.2) is 0 Å². The second-order valence-corrected chi connectivity index (χ2v) is 5.30. The van der Waals surface area contributed by atoms with Gasteiger partial charge in [-0.1, -0.05) is 12.8 Å². The lowest BCUT2D eigenvalue weighted by Crippen LogP contribution is -2.31. The van der Waals surface area contributed by atoms with Crippen LogP contribution in [0, 0.1) is 19.8 Å². The molecule has 0 aliphatic heterocycles. The summed E-state index contributed by atoms with van der Waals surface area (Å²) in [5.41, 5.74) is 3.54. The second-order valence-electron chi connectivity index (χ2n) is 5.30. The Morgan fingerprint density at radius 1 is 1.39 bits per heavy atom. The Labute approximate surface area is 109 Å². The normalized spacial score (nSPS) is 16.2. The number of hydrogen-bond donors (Lipinski definition) is 1. The Hall–Kier alpha value is -1.32. The third-order valence-corrected chi connectivity index (χ3v) is 4.06. The van der Waals surface area contributed by atoms with E-state index >= 15 is 0 Å². The van der Waals surface area contributed by atoms with Crippen LogP contribution in [0.15, 0.2) is 0 Å². The van der Waals surface area contributed by atoms with Crippen molar-refractivity contribution in [1.82, 2.24) is 15.1 Å². The first-order chi connectivity index (χ1) is 8.59. The Kier molecular flexibility index (Phi) is 4.04. The van der Waals surface area contributed by atoms with Crippen molar-refractivity contribution in [1.29, 1.82) is 0 Å². The maximum atomic E-state index is 11.9. The largest absolute Gasteiger partial charge is 0.356 e. The Morgan fingerprint density at radius 3 is 2.61 bits per heavy atom. The van der Waals surface area contributed by atoms with E-state index in [1.54, 1.807) is 0 Å². The molecule has 100 valence electrons. The van der Waals surface area contributed by atoms with Crippen LogP contribution in [0.25, 0.3) is 0 Å². The number of aromatic nitrogens is 2. The van der Waals surface area contributed by atoms with Crippen molar-refractivity contribution in [3.8, 4) is 0 Å². The minimum absolute atomic E-state index is 0.242. The lowest BCUT2D eigenvalue weighted by atomic mass is 10.1. The van der Waals surface area contributed by atoms with Crippen LogP contribution in [0.5, 0.6) is 0 Å². The van der Waals surface area contributed by atoms with Crippen molar-refractivity contribution in [2.24, 2.45) is 13.0 Å². The number of rotatable bonds is 4. The van der Waals surface area contributed by atoms with Crippen molar-refractivity contribution in [2.75, 3.05) is 6.54 Å². The van der Waals surface area contributed by atoms with Gasteiger partial charge < -0.3 is 5.32 Å². The molecule has 0 radical (unpaired) electrons. The topological polar surface area (TPSA) is 46.9 Å². The maximum absolute atomic E-state index is 11.9. The van der Waals surface area contributed by atoms with Gasteiger partial charge in [0.1, 0.15) is 0 Å². The summed E-state index contributed by atoms with van der Waals surface area (Å²) in [5, 5.41) is 7.45. The summed E-state index contributed by atoms with van der Waals surface area (Å²) in [7, 11) is 1.96. The van der Waals surface area contributed by atoms with Gasteiger partial charge in [0.2, 0.25) is 5.91 Å². The number of nitrogens with one attached hydrogen (secondary N) is 1. The van der Waals surface area contributed by atoms with Crippen LogP contribution in [-0.4, -0.2) is 22.2 Å². The molecule has 0 unspecified atom stereocenters. The Bertz CT molecular complexity index is 430. The SMILES string of the molecule is Cc1nn(C)c(C)c1CCNC(=O)C1CCCC1. The van der Waals surface area contributed by atoms with Gasteiger partial charge in [0.25, 0.3) is 0 Å². The molecule has 1 aliphatic carbocycles. The molecule has 0 bridgehead atoms. The summed E-state index contributed by atoms with van der Waals surface area (Å²) >= 11 is 0. The summed E-state index contributed by atoms with van der Waals surface area (Å²) in [6, 6.07) is 0. The van der Waals surface area contributed by atoms with Crippen LogP contribution in [0.3, 0.4) is 0 Å². The molecule has 0 saturated heterocycles. The first kappa shape index (κ1) is 13.1. The molecule has 0 aromatic carbocycles. The number of amides is 1. The van der Waals surface area contributed by atoms with E-state index < -0.39 is 0 Å². The second kappa shape index (κ2) is 5.55. The molecule has 0 atom stereocenters. The van der Waals surface area contributed by atoms with Gasteiger partial charge in [-0.15, -0.1) is 0 Å². The summed E-state index contributed by atoms with van der Waals surface area (Å²) < 4.78 is 1.91. The van der Waals surface area contributed by atoms with Gasteiger partial charge in [0, 0.05) is 25.2 Å². The molecule has 1 amide bonds. The van der Waals surface area contributed by atoms with E-state index in [2.05, 4.69) is 17.3 Å². The summed E-state index contributed by atoms with van der Waals surface area (Å²) in [4.78, 5) is 11.9. The summed E-state index contributed by atoms with van der Waals surface area (Å²) in [6.45, 7) is 4.83. The van der Waals surface area contributed by atoms with Gasteiger partial charge in [-0.05, 0) is 38.7 Å². The van der Waals surface area contributed by atoms with E-state index in [1.807, 2.05) is 18.7 Å². The van der Waals surface area contributed by atoms with Crippen LogP contribution in [0.1, 0.15) is 42.6 Å². The van der Waals surface area contributed by atoms with E-state index in [0.717, 1.165) is 31.5 Å². The van der Waals surface area contributed by atoms with Crippen LogP contribution >= 0.6 is 0 Å². The van der Waals surface area contributed by atoms with Crippen LogP contribution in [0.4, 0.5) is 0 Å². The van der Waals surface area contributed by atoms with E-state index in [1.165, 1.54) is 24.1 Å². The van der Waals surface area contributed by atoms with Crippen molar-refractivity contribution < 1.29 is 4.79 Å². The lowest BCUT2D eigenvalue weighted by molar-refractivity contribution is -0.124. The molecule has 1 aromatic rings. The average Bonchev–Trinajstić information content (AvgIpc) is 2.93. The molecule has 4 nitrogen and oxygen atoms in total. The van der Waals surface area contributed by atoms with Gasteiger partial charge in [0.05, 0.1) is 5.69 Å².